The highest BCUT2D eigenvalue weighted by atomic mass is 16.5. The van der Waals surface area contributed by atoms with Crippen LogP contribution in [0.5, 0.6) is 0 Å². The average molecular weight is 389 g/mol. The number of nitrogens with zero attached hydrogens (tertiary/aromatic N) is 3. The Hall–Kier alpha value is -2.54. The van der Waals surface area contributed by atoms with E-state index in [2.05, 4.69) is 13.8 Å². The summed E-state index contributed by atoms with van der Waals surface area (Å²) in [4.78, 5) is 30.7. The summed E-state index contributed by atoms with van der Waals surface area (Å²) in [6.07, 6.45) is 5.07. The van der Waals surface area contributed by atoms with Gasteiger partial charge in [0, 0.05) is 32.1 Å². The fourth-order valence-electron chi connectivity index (χ4n) is 3.26. The minimum atomic E-state index is -0.402. The predicted octanol–water partition coefficient (Wildman–Crippen LogP) is 3.80. The van der Waals surface area contributed by atoms with E-state index >= 15 is 0 Å². The summed E-state index contributed by atoms with van der Waals surface area (Å²) in [5.41, 5.74) is 1.28. The average Bonchev–Trinajstić information content (AvgIpc) is 3.14. The fourth-order valence-corrected chi connectivity index (χ4v) is 3.26. The maximum Gasteiger partial charge on any atom is 0.337 e. The van der Waals surface area contributed by atoms with Crippen molar-refractivity contribution in [1.29, 1.82) is 0 Å². The molecular formula is C21H31N3O4. The number of rotatable bonds is 9. The van der Waals surface area contributed by atoms with Gasteiger partial charge in [-0.15, -0.1) is 0 Å². The Balaban J connectivity index is 2.35. The number of hydrogen-bond donors (Lipinski definition) is 0. The molecule has 1 heterocycles. The number of carbonyl (C=O) groups excluding carboxylic acids is 2. The summed E-state index contributed by atoms with van der Waals surface area (Å²) >= 11 is 0. The molecule has 1 unspecified atom stereocenters. The van der Waals surface area contributed by atoms with Gasteiger partial charge < -0.3 is 19.3 Å². The lowest BCUT2D eigenvalue weighted by molar-refractivity contribution is 0.0195. The molecule has 2 rings (SSSR count). The first-order chi connectivity index (χ1) is 13.6. The lowest BCUT2D eigenvalue weighted by Crippen LogP contribution is -2.44. The molecule has 0 aliphatic carbocycles. The zero-order chi connectivity index (χ0) is 20.5. The Morgan fingerprint density at radius 1 is 1.11 bits per heavy atom. The molecule has 0 spiro atoms. The zero-order valence-electron chi connectivity index (χ0n) is 17.3. The highest BCUT2D eigenvalue weighted by Crippen LogP contribution is 2.32. The molecule has 0 saturated carbocycles. The van der Waals surface area contributed by atoms with E-state index < -0.39 is 5.97 Å². The van der Waals surface area contributed by atoms with Gasteiger partial charge in [0.2, 0.25) is 0 Å². The van der Waals surface area contributed by atoms with Crippen molar-refractivity contribution in [3.05, 3.63) is 47.8 Å². The lowest BCUT2D eigenvalue weighted by atomic mass is 10.1. The molecule has 1 atom stereocenters. The molecular weight excluding hydrogens is 358 g/mol. The van der Waals surface area contributed by atoms with Gasteiger partial charge >= 0.3 is 12.0 Å². The van der Waals surface area contributed by atoms with E-state index in [0.29, 0.717) is 32.0 Å². The minimum Gasteiger partial charge on any atom is -0.465 e. The predicted molar refractivity (Wildman–Crippen MR) is 107 cm³/mol. The summed E-state index contributed by atoms with van der Waals surface area (Å²) in [5, 5.41) is 0. The molecule has 0 fully saturated rings. The van der Waals surface area contributed by atoms with E-state index in [1.807, 2.05) is 29.0 Å². The first-order valence-corrected chi connectivity index (χ1v) is 9.84. The summed E-state index contributed by atoms with van der Waals surface area (Å²) in [5.74, 6) is -0.402. The molecule has 1 aliphatic rings. The van der Waals surface area contributed by atoms with Crippen molar-refractivity contribution in [2.24, 2.45) is 0 Å². The molecule has 0 N–H and O–H groups in total. The largest absolute Gasteiger partial charge is 0.465 e. The third-order valence-electron chi connectivity index (χ3n) is 4.53. The van der Waals surface area contributed by atoms with Crippen LogP contribution in [0, 0.1) is 0 Å². The van der Waals surface area contributed by atoms with Gasteiger partial charge in [0.25, 0.3) is 0 Å². The monoisotopic (exact) mass is 389 g/mol. The Labute approximate surface area is 167 Å². The number of carbonyl (C=O) groups is 2. The van der Waals surface area contributed by atoms with Crippen molar-refractivity contribution in [2.75, 3.05) is 33.5 Å². The van der Waals surface area contributed by atoms with Crippen LogP contribution in [-0.4, -0.2) is 60.2 Å². The molecule has 2 amide bonds. The van der Waals surface area contributed by atoms with Crippen molar-refractivity contribution in [3.8, 4) is 0 Å². The molecule has 0 bridgehead atoms. The van der Waals surface area contributed by atoms with Crippen molar-refractivity contribution in [3.63, 3.8) is 0 Å². The summed E-state index contributed by atoms with van der Waals surface area (Å²) in [6.45, 7) is 8.40. The van der Waals surface area contributed by atoms with Crippen LogP contribution in [0.25, 0.3) is 0 Å². The number of hydrogen-bond acceptors (Lipinski definition) is 5. The van der Waals surface area contributed by atoms with E-state index in [0.717, 1.165) is 18.4 Å². The van der Waals surface area contributed by atoms with E-state index in [-0.39, 0.29) is 12.2 Å². The topological polar surface area (TPSA) is 62.3 Å². The van der Waals surface area contributed by atoms with Crippen molar-refractivity contribution < 1.29 is 19.1 Å². The Bertz CT molecular complexity index is 686. The Morgan fingerprint density at radius 2 is 1.82 bits per heavy atom. The van der Waals surface area contributed by atoms with Gasteiger partial charge in [-0.1, -0.05) is 26.0 Å². The molecule has 154 valence electrons. The standard InChI is InChI=1S/C21H31N3O4/c1-5-11-22(12-6-2)21(26)24-14-13-23(16-28-7-3)19(24)17-9-8-10-18(15-17)20(25)27-4/h8-10,13-15,19H,5-7,11-12,16H2,1-4H3. The smallest absolute Gasteiger partial charge is 0.337 e. The van der Waals surface area contributed by atoms with E-state index in [9.17, 15) is 9.59 Å². The van der Waals surface area contributed by atoms with E-state index in [4.69, 9.17) is 9.47 Å². The molecule has 0 aromatic heterocycles. The van der Waals surface area contributed by atoms with Crippen LogP contribution < -0.4 is 0 Å². The van der Waals surface area contributed by atoms with E-state index in [1.54, 1.807) is 29.3 Å². The molecule has 1 aliphatic heterocycles. The second-order valence-corrected chi connectivity index (χ2v) is 6.60. The number of methoxy groups -OCH3 is 1. The molecule has 0 saturated heterocycles. The number of amides is 2. The van der Waals surface area contributed by atoms with Gasteiger partial charge in [-0.25, -0.2) is 9.59 Å². The van der Waals surface area contributed by atoms with Gasteiger partial charge in [-0.2, -0.15) is 0 Å². The second kappa shape index (κ2) is 10.7. The third kappa shape index (κ3) is 5.04. The van der Waals surface area contributed by atoms with Crippen LogP contribution >= 0.6 is 0 Å². The van der Waals surface area contributed by atoms with Gasteiger partial charge in [-0.05, 0) is 37.5 Å². The summed E-state index contributed by atoms with van der Waals surface area (Å²) < 4.78 is 10.4. The molecule has 28 heavy (non-hydrogen) atoms. The van der Waals surface area contributed by atoms with Crippen LogP contribution in [-0.2, 0) is 9.47 Å². The van der Waals surface area contributed by atoms with Crippen LogP contribution in [0.4, 0.5) is 4.79 Å². The molecule has 1 aromatic rings. The highest BCUT2D eigenvalue weighted by molar-refractivity contribution is 5.89. The van der Waals surface area contributed by atoms with Gasteiger partial charge in [0.1, 0.15) is 12.9 Å². The first-order valence-electron chi connectivity index (χ1n) is 9.84. The van der Waals surface area contributed by atoms with Gasteiger partial charge in [0.15, 0.2) is 0 Å². The van der Waals surface area contributed by atoms with Crippen molar-refractivity contribution in [2.45, 2.75) is 39.8 Å². The fraction of sp³-hybridized carbons (Fsp3) is 0.524. The van der Waals surface area contributed by atoms with Gasteiger partial charge in [-0.3, -0.25) is 4.90 Å². The molecule has 0 radical (unpaired) electrons. The number of esters is 1. The summed E-state index contributed by atoms with van der Waals surface area (Å²) in [6, 6.07) is 7.14. The van der Waals surface area contributed by atoms with Gasteiger partial charge in [0.05, 0.1) is 12.7 Å². The summed E-state index contributed by atoms with van der Waals surface area (Å²) in [7, 11) is 1.36. The Morgan fingerprint density at radius 3 is 2.43 bits per heavy atom. The first kappa shape index (κ1) is 21.8. The normalized spacial score (nSPS) is 15.8. The zero-order valence-corrected chi connectivity index (χ0v) is 17.3. The highest BCUT2D eigenvalue weighted by Gasteiger charge is 2.34. The molecule has 1 aromatic carbocycles. The molecule has 7 nitrogen and oxygen atoms in total. The van der Waals surface area contributed by atoms with Crippen LogP contribution in [0.3, 0.4) is 0 Å². The van der Waals surface area contributed by atoms with Crippen LogP contribution in [0.1, 0.15) is 55.7 Å². The minimum absolute atomic E-state index is 0.0487. The van der Waals surface area contributed by atoms with Crippen LogP contribution in [0.15, 0.2) is 36.7 Å². The van der Waals surface area contributed by atoms with Crippen LogP contribution in [0.2, 0.25) is 0 Å². The van der Waals surface area contributed by atoms with Crippen molar-refractivity contribution >= 4 is 12.0 Å². The number of ether oxygens (including phenoxy) is 2. The SMILES string of the molecule is CCCN(CCC)C(=O)N1C=CN(COCC)C1c1cccc(C(=O)OC)c1. The maximum atomic E-state index is 13.2. The lowest BCUT2D eigenvalue weighted by Gasteiger charge is -2.35. The van der Waals surface area contributed by atoms with E-state index in [1.165, 1.54) is 7.11 Å². The second-order valence-electron chi connectivity index (χ2n) is 6.60. The number of benzene rings is 1. The molecule has 7 heteroatoms. The Kier molecular flexibility index (Phi) is 8.32. The van der Waals surface area contributed by atoms with Crippen molar-refractivity contribution in [1.82, 2.24) is 14.7 Å². The number of urea groups is 1. The third-order valence-corrected chi connectivity index (χ3v) is 4.53. The quantitative estimate of drug-likeness (QED) is 0.601. The maximum absolute atomic E-state index is 13.2.